The molecule has 1 aromatic carbocycles. The molecule has 0 unspecified atom stereocenters. The van der Waals surface area contributed by atoms with Crippen LogP contribution in [0.2, 0.25) is 0 Å². The Hall–Kier alpha value is -2.02. The van der Waals surface area contributed by atoms with Crippen LogP contribution in [-0.2, 0) is 7.05 Å². The Kier molecular flexibility index (Phi) is 1.46. The number of nitriles is 1. The normalized spacial score (nSPS) is 10.2. The Balaban J connectivity index is 2.82. The van der Waals surface area contributed by atoms with E-state index in [2.05, 4.69) is 5.10 Å². The molecule has 0 fully saturated rings. The Morgan fingerprint density at radius 3 is 3.00 bits per heavy atom. The maximum absolute atomic E-state index is 8.72. The van der Waals surface area contributed by atoms with Gasteiger partial charge in [0.1, 0.15) is 6.07 Å². The zero-order valence-electron chi connectivity index (χ0n) is 7.15. The fraction of sp³-hybridized carbons (Fsp3) is 0.111. The van der Waals surface area contributed by atoms with E-state index in [0.717, 1.165) is 10.9 Å². The maximum atomic E-state index is 8.72. The monoisotopic (exact) mass is 172 g/mol. The lowest BCUT2D eigenvalue weighted by atomic mass is 10.1. The molecule has 0 aliphatic carbocycles. The second-order valence-corrected chi connectivity index (χ2v) is 2.91. The smallest absolute Gasteiger partial charge is 0.101 e. The van der Waals surface area contributed by atoms with Gasteiger partial charge in [0.2, 0.25) is 0 Å². The zero-order valence-corrected chi connectivity index (χ0v) is 7.15. The highest BCUT2D eigenvalue weighted by Gasteiger charge is 2.03. The second-order valence-electron chi connectivity index (χ2n) is 2.91. The van der Waals surface area contributed by atoms with Crippen LogP contribution in [-0.4, -0.2) is 9.78 Å². The van der Waals surface area contributed by atoms with Crippen molar-refractivity contribution in [3.63, 3.8) is 0 Å². The minimum absolute atomic E-state index is 0.478. The highest BCUT2D eigenvalue weighted by Crippen LogP contribution is 2.19. The molecule has 2 rings (SSSR count). The first-order valence-electron chi connectivity index (χ1n) is 3.83. The van der Waals surface area contributed by atoms with Gasteiger partial charge in [0.25, 0.3) is 0 Å². The van der Waals surface area contributed by atoms with E-state index in [9.17, 15) is 0 Å². The topological polar surface area (TPSA) is 67.6 Å². The molecule has 0 saturated heterocycles. The van der Waals surface area contributed by atoms with E-state index in [0.29, 0.717) is 11.3 Å². The molecule has 0 amide bonds. The lowest BCUT2D eigenvalue weighted by Crippen LogP contribution is -1.89. The summed E-state index contributed by atoms with van der Waals surface area (Å²) < 4.78 is 1.70. The standard InChI is InChI=1S/C9H8N4/c1-13-5-7-2-8(11)6(4-10)3-9(7)12-13/h2-3,5H,11H2,1H3. The third-order valence-electron chi connectivity index (χ3n) is 1.91. The Morgan fingerprint density at radius 1 is 1.54 bits per heavy atom. The summed E-state index contributed by atoms with van der Waals surface area (Å²) in [5, 5.41) is 13.9. The van der Waals surface area contributed by atoms with Gasteiger partial charge in [-0.25, -0.2) is 0 Å². The molecule has 2 aromatic rings. The summed E-state index contributed by atoms with van der Waals surface area (Å²) in [5.74, 6) is 0. The number of hydrogen-bond donors (Lipinski definition) is 1. The van der Waals surface area contributed by atoms with Crippen LogP contribution in [0.15, 0.2) is 18.3 Å². The van der Waals surface area contributed by atoms with Gasteiger partial charge < -0.3 is 5.73 Å². The summed E-state index contributed by atoms with van der Waals surface area (Å²) in [6, 6.07) is 5.49. The van der Waals surface area contributed by atoms with Gasteiger partial charge in [-0.3, -0.25) is 4.68 Å². The van der Waals surface area contributed by atoms with Gasteiger partial charge in [0.05, 0.1) is 16.8 Å². The quantitative estimate of drug-likeness (QED) is 0.603. The third-order valence-corrected chi connectivity index (χ3v) is 1.91. The van der Waals surface area contributed by atoms with E-state index in [1.165, 1.54) is 0 Å². The molecule has 0 spiro atoms. The molecule has 1 aromatic heterocycles. The number of nitrogens with zero attached hydrogens (tertiary/aromatic N) is 3. The van der Waals surface area contributed by atoms with E-state index < -0.39 is 0 Å². The molecule has 2 N–H and O–H groups in total. The molecule has 64 valence electrons. The summed E-state index contributed by atoms with van der Waals surface area (Å²) in [4.78, 5) is 0. The average Bonchev–Trinajstić information content (AvgIpc) is 2.42. The fourth-order valence-electron chi connectivity index (χ4n) is 1.31. The van der Waals surface area contributed by atoms with E-state index >= 15 is 0 Å². The number of rotatable bonds is 0. The predicted molar refractivity (Wildman–Crippen MR) is 49.8 cm³/mol. The lowest BCUT2D eigenvalue weighted by molar-refractivity contribution is 0.779. The maximum Gasteiger partial charge on any atom is 0.101 e. The van der Waals surface area contributed by atoms with E-state index in [1.807, 2.05) is 19.3 Å². The summed E-state index contributed by atoms with van der Waals surface area (Å²) >= 11 is 0. The minimum Gasteiger partial charge on any atom is -0.398 e. The molecule has 4 heteroatoms. The summed E-state index contributed by atoms with van der Waals surface area (Å²) in [5.41, 5.74) is 7.43. The predicted octanol–water partition coefficient (Wildman–Crippen LogP) is 1.03. The van der Waals surface area contributed by atoms with Crippen LogP contribution in [0.5, 0.6) is 0 Å². The molecular weight excluding hydrogens is 164 g/mol. The molecule has 0 aliphatic rings. The number of nitrogen functional groups attached to an aromatic ring is 1. The highest BCUT2D eigenvalue weighted by atomic mass is 15.2. The van der Waals surface area contributed by atoms with Gasteiger partial charge in [-0.05, 0) is 12.1 Å². The number of fused-ring (bicyclic) bond motifs is 1. The number of benzene rings is 1. The lowest BCUT2D eigenvalue weighted by Gasteiger charge is -1.94. The van der Waals surface area contributed by atoms with Crippen molar-refractivity contribution in [2.75, 3.05) is 5.73 Å². The van der Waals surface area contributed by atoms with Gasteiger partial charge >= 0.3 is 0 Å². The Bertz CT molecular complexity index is 504. The zero-order chi connectivity index (χ0) is 9.42. The number of hydrogen-bond acceptors (Lipinski definition) is 3. The van der Waals surface area contributed by atoms with Crippen LogP contribution < -0.4 is 5.73 Å². The third kappa shape index (κ3) is 1.11. The van der Waals surface area contributed by atoms with Gasteiger partial charge in [0, 0.05) is 18.6 Å². The molecule has 1 heterocycles. The van der Waals surface area contributed by atoms with Crippen LogP contribution in [0.4, 0.5) is 5.69 Å². The molecule has 0 saturated carbocycles. The first-order valence-corrected chi connectivity index (χ1v) is 3.83. The van der Waals surface area contributed by atoms with Crippen LogP contribution in [0.3, 0.4) is 0 Å². The molecule has 0 atom stereocenters. The largest absolute Gasteiger partial charge is 0.398 e. The van der Waals surface area contributed by atoms with Gasteiger partial charge in [-0.2, -0.15) is 10.4 Å². The Morgan fingerprint density at radius 2 is 2.31 bits per heavy atom. The SMILES string of the molecule is Cn1cc2cc(N)c(C#N)cc2n1. The van der Waals surface area contributed by atoms with Crippen molar-refractivity contribution in [2.45, 2.75) is 0 Å². The van der Waals surface area contributed by atoms with Crippen molar-refractivity contribution in [1.29, 1.82) is 5.26 Å². The van der Waals surface area contributed by atoms with Gasteiger partial charge in [-0.15, -0.1) is 0 Å². The molecule has 0 bridgehead atoms. The van der Waals surface area contributed by atoms with Crippen LogP contribution in [0.25, 0.3) is 10.9 Å². The molecule has 13 heavy (non-hydrogen) atoms. The minimum atomic E-state index is 0.478. The summed E-state index contributed by atoms with van der Waals surface area (Å²) in [6.45, 7) is 0. The fourth-order valence-corrected chi connectivity index (χ4v) is 1.31. The number of aromatic nitrogens is 2. The van der Waals surface area contributed by atoms with Crippen molar-refractivity contribution >= 4 is 16.6 Å². The Labute approximate surface area is 75.2 Å². The van der Waals surface area contributed by atoms with E-state index in [1.54, 1.807) is 16.8 Å². The summed E-state index contributed by atoms with van der Waals surface area (Å²) in [7, 11) is 1.84. The number of aryl methyl sites for hydroxylation is 1. The molecule has 4 nitrogen and oxygen atoms in total. The number of anilines is 1. The van der Waals surface area contributed by atoms with Gasteiger partial charge in [0.15, 0.2) is 0 Å². The van der Waals surface area contributed by atoms with Crippen molar-refractivity contribution in [1.82, 2.24) is 9.78 Å². The van der Waals surface area contributed by atoms with Gasteiger partial charge in [-0.1, -0.05) is 0 Å². The molecule has 0 aliphatic heterocycles. The average molecular weight is 172 g/mol. The van der Waals surface area contributed by atoms with Crippen LogP contribution in [0, 0.1) is 11.3 Å². The van der Waals surface area contributed by atoms with Crippen molar-refractivity contribution < 1.29 is 0 Å². The van der Waals surface area contributed by atoms with Crippen LogP contribution >= 0.6 is 0 Å². The second kappa shape index (κ2) is 2.49. The van der Waals surface area contributed by atoms with Crippen LogP contribution in [0.1, 0.15) is 5.56 Å². The van der Waals surface area contributed by atoms with E-state index in [4.69, 9.17) is 11.0 Å². The summed E-state index contributed by atoms with van der Waals surface area (Å²) in [6.07, 6.45) is 1.87. The molecule has 0 radical (unpaired) electrons. The molecular formula is C9H8N4. The van der Waals surface area contributed by atoms with Crippen molar-refractivity contribution in [3.05, 3.63) is 23.9 Å². The number of nitrogens with two attached hydrogens (primary N) is 1. The first-order chi connectivity index (χ1) is 6.20. The highest BCUT2D eigenvalue weighted by molar-refractivity contribution is 5.84. The first kappa shape index (κ1) is 7.62. The van der Waals surface area contributed by atoms with Crippen molar-refractivity contribution in [2.24, 2.45) is 7.05 Å². The van der Waals surface area contributed by atoms with E-state index in [-0.39, 0.29) is 0 Å². The van der Waals surface area contributed by atoms with Crippen molar-refractivity contribution in [3.8, 4) is 6.07 Å².